The molecule has 3 aromatic rings. The summed E-state index contributed by atoms with van der Waals surface area (Å²) in [6.07, 6.45) is 2.16. The number of methoxy groups -OCH3 is 1. The molecule has 31 heavy (non-hydrogen) atoms. The lowest BCUT2D eigenvalue weighted by atomic mass is 9.95. The van der Waals surface area contributed by atoms with Crippen LogP contribution < -0.4 is 10.1 Å². The van der Waals surface area contributed by atoms with Gasteiger partial charge in [0.15, 0.2) is 0 Å². The number of nitrogens with one attached hydrogen (secondary N) is 1. The number of ether oxygens (including phenoxy) is 1. The molecule has 1 aliphatic rings. The largest absolute Gasteiger partial charge is 0.497 e. The van der Waals surface area contributed by atoms with Gasteiger partial charge in [0.25, 0.3) is 5.91 Å². The summed E-state index contributed by atoms with van der Waals surface area (Å²) in [4.78, 5) is 31.4. The number of benzene rings is 2. The van der Waals surface area contributed by atoms with Gasteiger partial charge in [0.2, 0.25) is 5.91 Å². The molecule has 2 amide bonds. The molecule has 1 saturated heterocycles. The Morgan fingerprint density at radius 1 is 1.10 bits per heavy atom. The molecule has 4 rings (SSSR count). The predicted octanol–water partition coefficient (Wildman–Crippen LogP) is 3.19. The maximum Gasteiger partial charge on any atom is 0.272 e. The molecule has 0 radical (unpaired) electrons. The monoisotopic (exact) mass is 415 g/mol. The molecule has 2 heterocycles. The zero-order valence-electron chi connectivity index (χ0n) is 17.5. The lowest BCUT2D eigenvalue weighted by Crippen LogP contribution is -2.37. The van der Waals surface area contributed by atoms with Gasteiger partial charge in [-0.25, -0.2) is 0 Å². The first-order valence-corrected chi connectivity index (χ1v) is 10.4. The first-order valence-electron chi connectivity index (χ1n) is 10.4. The summed E-state index contributed by atoms with van der Waals surface area (Å²) in [7, 11) is 1.65. The van der Waals surface area contributed by atoms with Crippen LogP contribution in [-0.4, -0.2) is 48.4 Å². The van der Waals surface area contributed by atoms with E-state index in [2.05, 4.69) is 16.4 Å². The maximum atomic E-state index is 12.9. The Balaban J connectivity index is 1.53. The summed E-state index contributed by atoms with van der Waals surface area (Å²) < 4.78 is 5.33. The molecule has 1 atom stereocenters. The van der Waals surface area contributed by atoms with Crippen LogP contribution in [0.5, 0.6) is 5.75 Å². The van der Waals surface area contributed by atoms with Crippen LogP contribution in [0.3, 0.4) is 0 Å². The quantitative estimate of drug-likeness (QED) is 0.695. The highest BCUT2D eigenvalue weighted by Gasteiger charge is 2.28. The van der Waals surface area contributed by atoms with Crippen molar-refractivity contribution in [2.45, 2.75) is 6.42 Å². The van der Waals surface area contributed by atoms with Crippen LogP contribution in [0.25, 0.3) is 11.1 Å². The van der Waals surface area contributed by atoms with E-state index >= 15 is 0 Å². The van der Waals surface area contributed by atoms with Crippen LogP contribution >= 0.6 is 0 Å². The van der Waals surface area contributed by atoms with Crippen molar-refractivity contribution in [1.82, 2.24) is 15.2 Å². The van der Waals surface area contributed by atoms with E-state index in [1.807, 2.05) is 42.5 Å². The molecule has 0 saturated carbocycles. The molecule has 0 aliphatic carbocycles. The summed E-state index contributed by atoms with van der Waals surface area (Å²) in [5.41, 5.74) is 3.56. The van der Waals surface area contributed by atoms with Crippen LogP contribution in [0.2, 0.25) is 0 Å². The van der Waals surface area contributed by atoms with E-state index in [9.17, 15) is 9.59 Å². The fraction of sp³-hybridized carbons (Fsp3) is 0.240. The standard InChI is InChI=1S/C25H25N3O3/c1-31-22-9-5-8-20(16-22)19-7-4-6-18(14-19)15-21-17-28(13-12-27-24(21)29)25(30)23-10-2-3-11-26-23/h2-11,14,16,21H,12-13,15,17H2,1H3,(H,27,29)/t21-/m0/s1. The third-order valence-electron chi connectivity index (χ3n) is 5.48. The Morgan fingerprint density at radius 3 is 2.68 bits per heavy atom. The number of aromatic nitrogens is 1. The number of rotatable bonds is 5. The molecule has 1 fully saturated rings. The number of carbonyl (C=O) groups is 2. The molecule has 1 N–H and O–H groups in total. The second-order valence-electron chi connectivity index (χ2n) is 7.59. The first kappa shape index (κ1) is 20.6. The van der Waals surface area contributed by atoms with Gasteiger partial charge in [0.1, 0.15) is 11.4 Å². The molecule has 158 valence electrons. The van der Waals surface area contributed by atoms with Crippen LogP contribution in [0.1, 0.15) is 16.1 Å². The van der Waals surface area contributed by atoms with Crippen LogP contribution in [0.4, 0.5) is 0 Å². The average molecular weight is 415 g/mol. The Morgan fingerprint density at radius 2 is 1.90 bits per heavy atom. The summed E-state index contributed by atoms with van der Waals surface area (Å²) in [5.74, 6) is 0.306. The minimum atomic E-state index is -0.323. The fourth-order valence-electron chi connectivity index (χ4n) is 3.86. The number of hydrogen-bond acceptors (Lipinski definition) is 4. The summed E-state index contributed by atoms with van der Waals surface area (Å²) in [6, 6.07) is 21.3. The molecule has 0 spiro atoms. The van der Waals surface area contributed by atoms with Gasteiger partial charge in [-0.15, -0.1) is 0 Å². The number of hydrogen-bond donors (Lipinski definition) is 1. The first-order chi connectivity index (χ1) is 15.1. The van der Waals surface area contributed by atoms with Gasteiger partial charge < -0.3 is 15.0 Å². The van der Waals surface area contributed by atoms with Crippen molar-refractivity contribution in [1.29, 1.82) is 0 Å². The van der Waals surface area contributed by atoms with Gasteiger partial charge >= 0.3 is 0 Å². The summed E-state index contributed by atoms with van der Waals surface area (Å²) >= 11 is 0. The zero-order chi connectivity index (χ0) is 21.6. The highest BCUT2D eigenvalue weighted by Crippen LogP contribution is 2.25. The predicted molar refractivity (Wildman–Crippen MR) is 119 cm³/mol. The molecule has 2 aromatic carbocycles. The fourth-order valence-corrected chi connectivity index (χ4v) is 3.86. The number of nitrogens with zero attached hydrogens (tertiary/aromatic N) is 2. The Labute approximate surface area is 181 Å². The van der Waals surface area contributed by atoms with Crippen molar-refractivity contribution in [3.8, 4) is 16.9 Å². The average Bonchev–Trinajstić information content (AvgIpc) is 3.00. The topological polar surface area (TPSA) is 71.5 Å². The van der Waals surface area contributed by atoms with E-state index in [4.69, 9.17) is 4.74 Å². The molecular formula is C25H25N3O3. The van der Waals surface area contributed by atoms with Crippen molar-refractivity contribution in [2.24, 2.45) is 5.92 Å². The smallest absolute Gasteiger partial charge is 0.272 e. The van der Waals surface area contributed by atoms with E-state index in [0.717, 1.165) is 22.4 Å². The van der Waals surface area contributed by atoms with Crippen LogP contribution in [0.15, 0.2) is 72.9 Å². The van der Waals surface area contributed by atoms with E-state index in [1.54, 1.807) is 36.4 Å². The van der Waals surface area contributed by atoms with Gasteiger partial charge in [0, 0.05) is 25.8 Å². The van der Waals surface area contributed by atoms with Gasteiger partial charge in [-0.1, -0.05) is 42.5 Å². The molecule has 6 heteroatoms. The number of carbonyl (C=O) groups excluding carboxylic acids is 2. The number of pyridine rings is 1. The van der Waals surface area contributed by atoms with Gasteiger partial charge in [-0.05, 0) is 47.4 Å². The van der Waals surface area contributed by atoms with Crippen molar-refractivity contribution < 1.29 is 14.3 Å². The maximum absolute atomic E-state index is 12.9. The molecule has 1 aliphatic heterocycles. The van der Waals surface area contributed by atoms with E-state index in [0.29, 0.717) is 31.7 Å². The Kier molecular flexibility index (Phi) is 6.26. The minimum Gasteiger partial charge on any atom is -0.497 e. The highest BCUT2D eigenvalue weighted by atomic mass is 16.5. The molecular weight excluding hydrogens is 390 g/mol. The summed E-state index contributed by atoms with van der Waals surface area (Å²) in [6.45, 7) is 1.28. The van der Waals surface area contributed by atoms with E-state index < -0.39 is 0 Å². The van der Waals surface area contributed by atoms with Crippen molar-refractivity contribution in [3.05, 3.63) is 84.2 Å². The lowest BCUT2D eigenvalue weighted by molar-refractivity contribution is -0.124. The SMILES string of the molecule is COc1cccc(-c2cccc(C[C@H]3CN(C(=O)c4ccccn4)CCNC3=O)c2)c1. The van der Waals surface area contributed by atoms with Crippen LogP contribution in [0, 0.1) is 5.92 Å². The van der Waals surface area contributed by atoms with Crippen molar-refractivity contribution in [2.75, 3.05) is 26.7 Å². The molecule has 6 nitrogen and oxygen atoms in total. The summed E-state index contributed by atoms with van der Waals surface area (Å²) in [5, 5.41) is 2.94. The lowest BCUT2D eigenvalue weighted by Gasteiger charge is -2.23. The third-order valence-corrected chi connectivity index (χ3v) is 5.48. The highest BCUT2D eigenvalue weighted by molar-refractivity contribution is 5.93. The van der Waals surface area contributed by atoms with Crippen molar-refractivity contribution >= 4 is 11.8 Å². The van der Waals surface area contributed by atoms with E-state index in [-0.39, 0.29) is 17.7 Å². The van der Waals surface area contributed by atoms with Gasteiger partial charge in [0.05, 0.1) is 13.0 Å². The minimum absolute atomic E-state index is 0.0249. The molecule has 1 aromatic heterocycles. The number of amides is 2. The molecule has 0 bridgehead atoms. The van der Waals surface area contributed by atoms with Crippen molar-refractivity contribution in [3.63, 3.8) is 0 Å². The van der Waals surface area contributed by atoms with Crippen LogP contribution in [-0.2, 0) is 11.2 Å². The second kappa shape index (κ2) is 9.43. The Hall–Kier alpha value is -3.67. The van der Waals surface area contributed by atoms with E-state index in [1.165, 1.54) is 0 Å². The normalized spacial score (nSPS) is 16.4. The second-order valence-corrected chi connectivity index (χ2v) is 7.59. The zero-order valence-corrected chi connectivity index (χ0v) is 17.5. The molecule has 0 unspecified atom stereocenters. The van der Waals surface area contributed by atoms with Gasteiger partial charge in [-0.3, -0.25) is 14.6 Å². The van der Waals surface area contributed by atoms with Gasteiger partial charge in [-0.2, -0.15) is 0 Å². The third kappa shape index (κ3) is 4.91. The Bertz CT molecular complexity index is 1070.